The van der Waals surface area contributed by atoms with Crippen molar-refractivity contribution in [1.29, 1.82) is 0 Å². The topological polar surface area (TPSA) is 252 Å². The van der Waals surface area contributed by atoms with Gasteiger partial charge in [-0.3, -0.25) is 28.8 Å². The van der Waals surface area contributed by atoms with Crippen LogP contribution in [0.5, 0.6) is 0 Å². The molecule has 0 saturated carbocycles. The molecule has 743 valence electrons. The van der Waals surface area contributed by atoms with Crippen molar-refractivity contribution < 1.29 is 118 Å². The first-order valence-corrected chi connectivity index (χ1v) is 51.3. The summed E-state index contributed by atoms with van der Waals surface area (Å²) in [6.45, 7) is 55.3. The van der Waals surface area contributed by atoms with E-state index in [-0.39, 0.29) is 137 Å². The molecule has 5 saturated heterocycles. The fraction of sp³-hybridized carbons (Fsp3) is 0.564. The minimum atomic E-state index is -0.284. The van der Waals surface area contributed by atoms with Crippen LogP contribution in [-0.4, -0.2) is 185 Å². The number of nitrogens with two attached hydrogens (primary N) is 1. The number of carbonyl (C=O) groups excluding carboxylic acids is 6. The van der Waals surface area contributed by atoms with Gasteiger partial charge in [-0.05, 0) is 368 Å². The van der Waals surface area contributed by atoms with Gasteiger partial charge in [-0.25, -0.2) is 5.90 Å². The van der Waals surface area contributed by atoms with E-state index in [1.54, 1.807) is 0 Å². The number of Topliss-reactive ketones (excluding diaryl/α,β-unsaturated/α-hetero) is 4. The van der Waals surface area contributed by atoms with E-state index in [1.807, 2.05) is 55.5 Å². The predicted octanol–water partition coefficient (Wildman–Crippen LogP) is 19.7. The Labute approximate surface area is 892 Å². The molecule has 18 nitrogen and oxygen atoms in total. The number of allylic oxidation sites excluding steroid dienone is 1. The van der Waals surface area contributed by atoms with E-state index in [0.29, 0.717) is 17.3 Å². The van der Waals surface area contributed by atoms with Gasteiger partial charge in [-0.2, -0.15) is 0 Å². The number of ketones is 4. The first-order chi connectivity index (χ1) is 64.0. The average molecular weight is 2130 g/mol. The molecule has 0 bridgehead atoms. The van der Waals surface area contributed by atoms with Gasteiger partial charge in [0.2, 0.25) is 5.91 Å². The maximum Gasteiger partial charge on any atom is 1.00 e. The molecule has 7 aromatic carbocycles. The normalized spacial score (nSPS) is 23.9. The van der Waals surface area contributed by atoms with Crippen molar-refractivity contribution in [2.75, 3.05) is 103 Å². The molecule has 7 N–H and O–H groups in total. The monoisotopic (exact) mass is 2130 g/mol. The molecule has 12 aliphatic rings. The Morgan fingerprint density at radius 1 is 0.391 bits per heavy atom. The molecule has 5 unspecified atom stereocenters. The number of hydrogen-bond donors (Lipinski definition) is 5. The summed E-state index contributed by atoms with van der Waals surface area (Å²) in [7, 11) is 0. The van der Waals surface area contributed by atoms with Gasteiger partial charge in [-0.1, -0.05) is 214 Å². The molecule has 0 spiro atoms. The third kappa shape index (κ3) is 31.9. The molecule has 5 fully saturated rings. The number of aryl methyl sites for hydroxylation is 14. The van der Waals surface area contributed by atoms with E-state index in [4.69, 9.17) is 5.21 Å². The number of oxime groups is 1. The number of carbonyl (C=O) groups is 6. The Hall–Kier alpha value is -6.22. The molecule has 7 aromatic rings. The number of anilines is 1. The Morgan fingerprint density at radius 3 is 1.22 bits per heavy atom. The predicted molar refractivity (Wildman–Crippen MR) is 558 cm³/mol. The summed E-state index contributed by atoms with van der Waals surface area (Å²) in [6, 6.07) is 43.7. The van der Waals surface area contributed by atoms with Crippen molar-refractivity contribution in [3.05, 3.63) is 251 Å². The van der Waals surface area contributed by atoms with Crippen molar-refractivity contribution >= 4 is 58.8 Å². The van der Waals surface area contributed by atoms with Gasteiger partial charge in [0.1, 0.15) is 0 Å². The van der Waals surface area contributed by atoms with E-state index in [9.17, 15) is 34.0 Å². The molecule has 5 atom stereocenters. The van der Waals surface area contributed by atoms with Gasteiger partial charge < -0.3 is 51.0 Å². The molecular formula is C117H165AcClN9NaO9. The Morgan fingerprint density at radius 2 is 0.739 bits per heavy atom. The summed E-state index contributed by atoms with van der Waals surface area (Å²) in [4.78, 5) is 86.6. The van der Waals surface area contributed by atoms with Crippen molar-refractivity contribution in [3.63, 3.8) is 0 Å². The van der Waals surface area contributed by atoms with Crippen LogP contribution in [0.2, 0.25) is 0 Å². The molecule has 19 rings (SSSR count). The molecule has 2 amide bonds. The zero-order valence-corrected chi connectivity index (χ0v) is 94.7. The average Bonchev–Trinajstić information content (AvgIpc) is 1.69. The quantitative estimate of drug-likeness (QED) is 0.0369. The standard InChI is InChI=1S/3C19H28N2O.C19H27NO.C18H25NO.C12H12O.C11H12O.Ac.ClH.H3NO.Na.H2O/c1-14-7-10-21(11-8-14)13-19(3)9-6-16-12-15(2)4-5-17(16)20-18(19)22;1-14-7-10-21(11-8-14)13-19(3)9-6-16-12-15(2)4-5-17(16)18(22)20-19;1-14-7-10-21(11-8-14)13-19(3)9-6-16-12-15(2)4-5-17(16)18(19)20-22;1-14-7-10-20(11-8-14)13-19(3)9-6-16-12-15(2)4-5-17(16)18(19)21;1-13-7-9-19(10-8-13)12-16-5-4-15-11-14(2)3-6-17(15)18(16)20;1-8-3-6-11-10(7-8)5-4-9(2)12(11)13;1-8-5-6-10-9(7-8)3-2-4-11(10)12;;;1-2;;/h2*4-5,12,14H,6-11,13H2,1-3H3,(H,20,22);4-5,12,14,22H,6-11,13H2,1-3H3;4-5,12,14H,6-11,13H2,1-3H3;3,6,11,13,16H,4-5,7-10,12H2,1-2H3;3,6-7H,2,4-5H2,1H3;5-7H,2-4H2,1H3;;1H;2H,1H2;;1H2/q;;;;;;;;;;+1;/p-1/b;;20-18-;;;;;;;;;. The minimum absolute atomic E-state index is 0. The maximum absolute atomic E-state index is 13.0. The van der Waals surface area contributed by atoms with Crippen molar-refractivity contribution in [1.82, 2.24) is 29.8 Å². The van der Waals surface area contributed by atoms with E-state index in [1.165, 1.54) is 181 Å². The molecule has 0 aromatic heterocycles. The van der Waals surface area contributed by atoms with Gasteiger partial charge in [0, 0.05) is 139 Å². The molecule has 138 heavy (non-hydrogen) atoms. The molecule has 7 heterocycles. The van der Waals surface area contributed by atoms with Crippen LogP contribution in [0.25, 0.3) is 0 Å². The van der Waals surface area contributed by atoms with Gasteiger partial charge in [0.25, 0.3) is 5.91 Å². The number of hydrogen-bond acceptors (Lipinski definition) is 16. The van der Waals surface area contributed by atoms with Crippen LogP contribution >= 0.6 is 12.4 Å². The molecule has 7 aliphatic heterocycles. The third-order valence-corrected chi connectivity index (χ3v) is 31.7. The van der Waals surface area contributed by atoms with Crippen LogP contribution in [0.4, 0.5) is 5.69 Å². The summed E-state index contributed by atoms with van der Waals surface area (Å²) in [6.07, 6.45) is 27.6. The third-order valence-electron chi connectivity index (χ3n) is 31.7. The van der Waals surface area contributed by atoms with Crippen LogP contribution < -0.4 is 46.1 Å². The van der Waals surface area contributed by atoms with Crippen LogP contribution in [0, 0.1) is 144 Å². The fourth-order valence-electron chi connectivity index (χ4n) is 22.5. The van der Waals surface area contributed by atoms with Crippen LogP contribution in [-0.2, 0) is 49.7 Å². The summed E-state index contributed by atoms with van der Waals surface area (Å²) >= 11 is 0. The minimum Gasteiger partial charge on any atom is -0.870 e. The van der Waals surface area contributed by atoms with E-state index in [2.05, 4.69) is 235 Å². The Bertz CT molecular complexity index is 5290. The zero-order chi connectivity index (χ0) is 96.3. The van der Waals surface area contributed by atoms with E-state index < -0.39 is 0 Å². The molecule has 5 aliphatic carbocycles. The maximum atomic E-state index is 13.0. The smallest absolute Gasteiger partial charge is 0.870 e. The Balaban J connectivity index is 0.000000198. The number of rotatable bonds is 10. The summed E-state index contributed by atoms with van der Waals surface area (Å²) in [5.41, 5.74) is 25.3. The fourth-order valence-corrected chi connectivity index (χ4v) is 22.5. The van der Waals surface area contributed by atoms with Gasteiger partial charge >= 0.3 is 29.6 Å². The van der Waals surface area contributed by atoms with E-state index >= 15 is 0 Å². The van der Waals surface area contributed by atoms with Gasteiger partial charge in [-0.15, -0.1) is 12.4 Å². The SMILES string of the molecule is C=C1CCc2cc(C)ccc2C1=O.Cc1ccc2c(c1)CCC(C)(CN1CCC(C)CC1)/C2=N\O.Cc1ccc2c(c1)CCC(C)(CN1CCC(C)CC1)C(=O)N2.Cc1ccc2c(c1)CCC(C)(CN1CCC(C)CC1)C2=O.Cc1ccc2c(c1)CCC(C)(CN1CCC(C)CC1)NC2=O.Cc1ccc2c(c1)CCC(CN1CCC(C)CC1)C2=O.Cc1ccc2c(c1)CCCC2=O.Cl.NO.[Ac].[Na+].[OH-]. The van der Waals surface area contributed by atoms with Gasteiger partial charge in [0.05, 0.1) is 16.7 Å². The number of likely N-dealkylation sites (tertiary alicyclic amines) is 5. The first kappa shape index (κ1) is 117. The zero-order valence-electron chi connectivity index (χ0n) is 87.1. The second-order valence-electron chi connectivity index (χ2n) is 44.2. The summed E-state index contributed by atoms with van der Waals surface area (Å²) < 4.78 is 0. The molecular weight excluding hydrogens is 1960 g/mol. The number of benzene rings is 7. The van der Waals surface area contributed by atoms with Crippen LogP contribution in [0.15, 0.2) is 145 Å². The number of nitrogens with zero attached hydrogens (tertiary/aromatic N) is 6. The Kier molecular flexibility index (Phi) is 45.9. The number of fused-ring (bicyclic) bond motifs is 7. The van der Waals surface area contributed by atoms with Crippen molar-refractivity contribution in [3.8, 4) is 0 Å². The summed E-state index contributed by atoms with van der Waals surface area (Å²) in [5, 5.41) is 26.4. The largest absolute Gasteiger partial charge is 1.00 e. The van der Waals surface area contributed by atoms with Crippen molar-refractivity contribution in [2.45, 2.75) is 277 Å². The second kappa shape index (κ2) is 54.1. The molecule has 1 radical (unpaired) electrons. The summed E-state index contributed by atoms with van der Waals surface area (Å²) in [5.74, 6) is 9.43. The van der Waals surface area contributed by atoms with E-state index in [0.717, 1.165) is 235 Å². The number of amides is 2. The van der Waals surface area contributed by atoms with Crippen LogP contribution in [0.3, 0.4) is 0 Å². The van der Waals surface area contributed by atoms with Crippen LogP contribution in [0.1, 0.15) is 313 Å². The number of piperidine rings is 5. The number of halogens is 1. The van der Waals surface area contributed by atoms with Crippen molar-refractivity contribution in [2.24, 2.45) is 62.8 Å². The molecule has 21 heteroatoms. The first-order valence-electron chi connectivity index (χ1n) is 51.3. The second-order valence-corrected chi connectivity index (χ2v) is 44.2. The number of nitrogens with one attached hydrogen (secondary N) is 2. The van der Waals surface area contributed by atoms with Gasteiger partial charge in [0.15, 0.2) is 23.1 Å².